The Kier molecular flexibility index (Phi) is 4.71. The summed E-state index contributed by atoms with van der Waals surface area (Å²) in [6.45, 7) is 5.02. The van der Waals surface area contributed by atoms with Crippen molar-refractivity contribution < 1.29 is 4.74 Å². The lowest BCUT2D eigenvalue weighted by Crippen LogP contribution is -2.04. The summed E-state index contributed by atoms with van der Waals surface area (Å²) in [6, 6.07) is 12.3. The minimum Gasteiger partial charge on any atom is -0.493 e. The van der Waals surface area contributed by atoms with E-state index in [1.807, 2.05) is 12.1 Å². The van der Waals surface area contributed by atoms with E-state index in [4.69, 9.17) is 16.3 Å². The maximum atomic E-state index is 5.73. The van der Waals surface area contributed by atoms with E-state index in [-0.39, 0.29) is 0 Å². The van der Waals surface area contributed by atoms with Crippen molar-refractivity contribution in [3.63, 3.8) is 0 Å². The molecule has 0 aliphatic rings. The minimum atomic E-state index is 0.361. The van der Waals surface area contributed by atoms with Crippen LogP contribution in [0.15, 0.2) is 36.4 Å². The second-order valence-electron chi connectivity index (χ2n) is 4.86. The molecule has 0 aliphatic carbocycles. The lowest BCUT2D eigenvalue weighted by atomic mass is 10.1. The zero-order valence-electron chi connectivity index (χ0n) is 11.2. The molecule has 0 radical (unpaired) electrons. The van der Waals surface area contributed by atoms with Crippen molar-refractivity contribution in [2.45, 2.75) is 13.8 Å². The number of hydrogen-bond donors (Lipinski definition) is 0. The summed E-state index contributed by atoms with van der Waals surface area (Å²) in [7, 11) is 0. The van der Waals surface area contributed by atoms with E-state index < -0.39 is 0 Å². The van der Waals surface area contributed by atoms with Crippen molar-refractivity contribution in [2.75, 3.05) is 12.5 Å². The highest BCUT2D eigenvalue weighted by Crippen LogP contribution is 2.22. The first kappa shape index (κ1) is 13.8. The summed E-state index contributed by atoms with van der Waals surface area (Å²) in [5, 5.41) is 2.33. The lowest BCUT2D eigenvalue weighted by molar-refractivity contribution is 0.271. The summed E-state index contributed by atoms with van der Waals surface area (Å²) in [5.41, 5.74) is 0.990. The van der Waals surface area contributed by atoms with Gasteiger partial charge in [-0.05, 0) is 41.0 Å². The molecule has 0 heterocycles. The Morgan fingerprint density at radius 2 is 1.84 bits per heavy atom. The van der Waals surface area contributed by atoms with Gasteiger partial charge in [0.15, 0.2) is 0 Å². The average Bonchev–Trinajstić information content (AvgIpc) is 2.42. The molecule has 0 spiro atoms. The smallest absolute Gasteiger partial charge is 0.119 e. The first-order chi connectivity index (χ1) is 9.19. The van der Waals surface area contributed by atoms with Crippen LogP contribution in [0.5, 0.6) is 5.75 Å². The van der Waals surface area contributed by atoms with Crippen LogP contribution in [0, 0.1) is 17.8 Å². The van der Waals surface area contributed by atoms with E-state index in [9.17, 15) is 0 Å². The molecule has 0 saturated carbocycles. The number of ether oxygens (including phenoxy) is 1. The van der Waals surface area contributed by atoms with Gasteiger partial charge < -0.3 is 4.74 Å². The Hall–Kier alpha value is -1.65. The normalized spacial score (nSPS) is 10.3. The molecular formula is C17H17ClO. The van der Waals surface area contributed by atoms with Crippen LogP contribution in [-0.4, -0.2) is 12.5 Å². The van der Waals surface area contributed by atoms with E-state index in [1.165, 1.54) is 5.39 Å². The fourth-order valence-corrected chi connectivity index (χ4v) is 1.86. The predicted molar refractivity (Wildman–Crippen MR) is 81.9 cm³/mol. The summed E-state index contributed by atoms with van der Waals surface area (Å²) in [5.74, 6) is 7.70. The molecule has 0 N–H and O–H groups in total. The fourth-order valence-electron chi connectivity index (χ4n) is 1.79. The van der Waals surface area contributed by atoms with Gasteiger partial charge in [-0.3, -0.25) is 0 Å². The maximum absolute atomic E-state index is 5.73. The molecule has 0 unspecified atom stereocenters. The maximum Gasteiger partial charge on any atom is 0.119 e. The molecule has 2 aromatic carbocycles. The summed E-state index contributed by atoms with van der Waals surface area (Å²) in [4.78, 5) is 0. The summed E-state index contributed by atoms with van der Waals surface area (Å²) >= 11 is 5.56. The molecule has 2 rings (SSSR count). The monoisotopic (exact) mass is 272 g/mol. The van der Waals surface area contributed by atoms with Crippen LogP contribution in [0.25, 0.3) is 10.8 Å². The van der Waals surface area contributed by atoms with Gasteiger partial charge in [-0.15, -0.1) is 11.6 Å². The number of fused-ring (bicyclic) bond motifs is 1. The predicted octanol–water partition coefficient (Wildman–Crippen LogP) is 4.46. The molecule has 0 aliphatic heterocycles. The Labute approximate surface area is 119 Å². The first-order valence-electron chi connectivity index (χ1n) is 6.40. The average molecular weight is 273 g/mol. The molecule has 0 aromatic heterocycles. The van der Waals surface area contributed by atoms with Gasteiger partial charge in [0.25, 0.3) is 0 Å². The SMILES string of the molecule is CC(C)COc1ccc2cc(C#CCCl)ccc2c1. The van der Waals surface area contributed by atoms with Gasteiger partial charge in [0.1, 0.15) is 5.75 Å². The third-order valence-electron chi connectivity index (χ3n) is 2.69. The highest BCUT2D eigenvalue weighted by molar-refractivity contribution is 6.19. The van der Waals surface area contributed by atoms with Crippen LogP contribution in [0.1, 0.15) is 19.4 Å². The second kappa shape index (κ2) is 6.50. The standard InChI is InChI=1S/C17H17ClO/c1-13(2)12-19-17-8-7-15-10-14(4-3-9-18)5-6-16(15)11-17/h5-8,10-11,13H,9,12H2,1-2H3. The molecule has 2 heteroatoms. The van der Waals surface area contributed by atoms with E-state index in [0.29, 0.717) is 11.8 Å². The molecule has 0 fully saturated rings. The van der Waals surface area contributed by atoms with Crippen molar-refractivity contribution in [3.8, 4) is 17.6 Å². The van der Waals surface area contributed by atoms with E-state index in [0.717, 1.165) is 23.3 Å². The van der Waals surface area contributed by atoms with Gasteiger partial charge in [0.2, 0.25) is 0 Å². The highest BCUT2D eigenvalue weighted by Gasteiger charge is 2.00. The van der Waals surface area contributed by atoms with Crippen LogP contribution in [0.4, 0.5) is 0 Å². The summed E-state index contributed by atoms with van der Waals surface area (Å²) in [6.07, 6.45) is 0. The Morgan fingerprint density at radius 1 is 1.11 bits per heavy atom. The van der Waals surface area contributed by atoms with Crippen LogP contribution in [0.3, 0.4) is 0 Å². The topological polar surface area (TPSA) is 9.23 Å². The van der Waals surface area contributed by atoms with E-state index in [2.05, 4.69) is 50.0 Å². The van der Waals surface area contributed by atoms with Crippen LogP contribution >= 0.6 is 11.6 Å². The van der Waals surface area contributed by atoms with Gasteiger partial charge in [0, 0.05) is 5.56 Å². The molecule has 98 valence electrons. The van der Waals surface area contributed by atoms with Crippen molar-refractivity contribution in [3.05, 3.63) is 42.0 Å². The third kappa shape index (κ3) is 3.91. The van der Waals surface area contributed by atoms with Crippen LogP contribution in [-0.2, 0) is 0 Å². The van der Waals surface area contributed by atoms with Crippen molar-refractivity contribution in [1.82, 2.24) is 0 Å². The van der Waals surface area contributed by atoms with Gasteiger partial charge in [-0.25, -0.2) is 0 Å². The zero-order valence-corrected chi connectivity index (χ0v) is 12.0. The molecular weight excluding hydrogens is 256 g/mol. The van der Waals surface area contributed by atoms with Crippen molar-refractivity contribution >= 4 is 22.4 Å². The number of hydrogen-bond acceptors (Lipinski definition) is 1. The van der Waals surface area contributed by atoms with Crippen LogP contribution < -0.4 is 4.74 Å². The molecule has 2 aromatic rings. The number of alkyl halides is 1. The highest BCUT2D eigenvalue weighted by atomic mass is 35.5. The van der Waals surface area contributed by atoms with Gasteiger partial charge in [0.05, 0.1) is 12.5 Å². The molecule has 19 heavy (non-hydrogen) atoms. The quantitative estimate of drug-likeness (QED) is 0.592. The van der Waals surface area contributed by atoms with Gasteiger partial charge >= 0.3 is 0 Å². The second-order valence-corrected chi connectivity index (χ2v) is 5.13. The number of halogens is 1. The van der Waals surface area contributed by atoms with Crippen molar-refractivity contribution in [1.29, 1.82) is 0 Å². The Balaban J connectivity index is 2.25. The largest absolute Gasteiger partial charge is 0.493 e. The molecule has 0 atom stereocenters. The summed E-state index contributed by atoms with van der Waals surface area (Å²) < 4.78 is 5.73. The van der Waals surface area contributed by atoms with Crippen molar-refractivity contribution in [2.24, 2.45) is 5.92 Å². The minimum absolute atomic E-state index is 0.361. The van der Waals surface area contributed by atoms with Crippen LogP contribution in [0.2, 0.25) is 0 Å². The zero-order chi connectivity index (χ0) is 13.7. The van der Waals surface area contributed by atoms with Gasteiger partial charge in [-0.1, -0.05) is 37.8 Å². The van der Waals surface area contributed by atoms with E-state index in [1.54, 1.807) is 0 Å². The lowest BCUT2D eigenvalue weighted by Gasteiger charge is -2.09. The molecule has 0 saturated heterocycles. The molecule has 0 bridgehead atoms. The van der Waals surface area contributed by atoms with E-state index >= 15 is 0 Å². The molecule has 1 nitrogen and oxygen atoms in total. The van der Waals surface area contributed by atoms with Gasteiger partial charge in [-0.2, -0.15) is 0 Å². The fraction of sp³-hybridized carbons (Fsp3) is 0.294. The number of benzene rings is 2. The molecule has 0 amide bonds. The number of rotatable bonds is 3. The Morgan fingerprint density at radius 3 is 2.58 bits per heavy atom. The first-order valence-corrected chi connectivity index (χ1v) is 6.94. The Bertz CT molecular complexity index is 620. The third-order valence-corrected chi connectivity index (χ3v) is 2.83.